The lowest BCUT2D eigenvalue weighted by atomic mass is 10.1. The normalized spacial score (nSPS) is 10.7. The number of thiazole rings is 1. The van der Waals surface area contributed by atoms with Gasteiger partial charge in [-0.05, 0) is 31.0 Å². The van der Waals surface area contributed by atoms with Crippen LogP contribution in [0.25, 0.3) is 0 Å². The van der Waals surface area contributed by atoms with Crippen LogP contribution in [-0.4, -0.2) is 10.9 Å². The summed E-state index contributed by atoms with van der Waals surface area (Å²) in [5.74, 6) is 0.646. The van der Waals surface area contributed by atoms with Crippen molar-refractivity contribution in [1.29, 1.82) is 0 Å². The van der Waals surface area contributed by atoms with Crippen LogP contribution in [0.1, 0.15) is 31.7 Å². The van der Waals surface area contributed by atoms with Gasteiger partial charge in [0.05, 0.1) is 23.5 Å². The molecule has 1 amide bonds. The molecule has 0 saturated heterocycles. The molecule has 0 bridgehead atoms. The van der Waals surface area contributed by atoms with Crippen LogP contribution in [0, 0.1) is 6.92 Å². The number of carbonyl (C=O) groups excluding carboxylic acids is 1. The Hall–Kier alpha value is -2.40. The molecule has 23 heavy (non-hydrogen) atoms. The SMILES string of the molecule is Cc1nc(CCc2ccccc2)sc1C(=O)NCc1ccco1. The maximum absolute atomic E-state index is 12.3. The van der Waals surface area contributed by atoms with Crippen molar-refractivity contribution < 1.29 is 9.21 Å². The lowest BCUT2D eigenvalue weighted by Crippen LogP contribution is -2.22. The Bertz CT molecular complexity index is 764. The molecular formula is C18H18N2O2S. The zero-order valence-electron chi connectivity index (χ0n) is 12.9. The molecule has 0 aliphatic carbocycles. The van der Waals surface area contributed by atoms with E-state index in [0.29, 0.717) is 11.4 Å². The fourth-order valence-corrected chi connectivity index (χ4v) is 3.31. The molecule has 2 heterocycles. The highest BCUT2D eigenvalue weighted by Crippen LogP contribution is 2.20. The van der Waals surface area contributed by atoms with E-state index in [-0.39, 0.29) is 5.91 Å². The summed E-state index contributed by atoms with van der Waals surface area (Å²) in [6.07, 6.45) is 3.38. The van der Waals surface area contributed by atoms with E-state index in [1.54, 1.807) is 12.3 Å². The van der Waals surface area contributed by atoms with Gasteiger partial charge in [0.1, 0.15) is 10.6 Å². The summed E-state index contributed by atoms with van der Waals surface area (Å²) in [5.41, 5.74) is 2.07. The molecular weight excluding hydrogens is 308 g/mol. The van der Waals surface area contributed by atoms with Gasteiger partial charge in [0.25, 0.3) is 5.91 Å². The maximum atomic E-state index is 12.3. The first-order chi connectivity index (χ1) is 11.2. The molecule has 0 aliphatic rings. The number of rotatable bonds is 6. The third-order valence-electron chi connectivity index (χ3n) is 3.52. The maximum Gasteiger partial charge on any atom is 0.263 e. The average molecular weight is 326 g/mol. The number of nitrogens with zero attached hydrogens (tertiary/aromatic N) is 1. The smallest absolute Gasteiger partial charge is 0.263 e. The highest BCUT2D eigenvalue weighted by atomic mass is 32.1. The molecule has 0 aliphatic heterocycles. The number of hydrogen-bond donors (Lipinski definition) is 1. The largest absolute Gasteiger partial charge is 0.467 e. The van der Waals surface area contributed by atoms with Gasteiger partial charge in [-0.2, -0.15) is 0 Å². The molecule has 4 nitrogen and oxygen atoms in total. The van der Waals surface area contributed by atoms with Gasteiger partial charge >= 0.3 is 0 Å². The van der Waals surface area contributed by atoms with Crippen molar-refractivity contribution in [1.82, 2.24) is 10.3 Å². The number of furan rings is 1. The van der Waals surface area contributed by atoms with Crippen LogP contribution in [-0.2, 0) is 19.4 Å². The minimum atomic E-state index is -0.0950. The zero-order chi connectivity index (χ0) is 16.1. The van der Waals surface area contributed by atoms with Crippen molar-refractivity contribution in [2.75, 3.05) is 0 Å². The number of benzene rings is 1. The second-order valence-corrected chi connectivity index (χ2v) is 6.35. The van der Waals surface area contributed by atoms with Crippen LogP contribution in [0.15, 0.2) is 53.1 Å². The summed E-state index contributed by atoms with van der Waals surface area (Å²) >= 11 is 1.47. The van der Waals surface area contributed by atoms with Gasteiger partial charge in [0, 0.05) is 6.42 Å². The fraction of sp³-hybridized carbons (Fsp3) is 0.222. The summed E-state index contributed by atoms with van der Waals surface area (Å²) in [4.78, 5) is 17.5. The van der Waals surface area contributed by atoms with Gasteiger partial charge < -0.3 is 9.73 Å². The first kappa shape index (κ1) is 15.5. The van der Waals surface area contributed by atoms with Crippen LogP contribution in [0.4, 0.5) is 0 Å². The molecule has 118 valence electrons. The predicted octanol–water partition coefficient (Wildman–Crippen LogP) is 3.76. The second-order valence-electron chi connectivity index (χ2n) is 5.27. The summed E-state index contributed by atoms with van der Waals surface area (Å²) < 4.78 is 5.22. The van der Waals surface area contributed by atoms with Gasteiger partial charge in [0.15, 0.2) is 0 Å². The van der Waals surface area contributed by atoms with Crippen molar-refractivity contribution in [2.45, 2.75) is 26.3 Å². The van der Waals surface area contributed by atoms with Gasteiger partial charge in [-0.25, -0.2) is 4.98 Å². The van der Waals surface area contributed by atoms with Gasteiger partial charge in [-0.15, -0.1) is 11.3 Å². The van der Waals surface area contributed by atoms with Crippen molar-refractivity contribution >= 4 is 17.2 Å². The zero-order valence-corrected chi connectivity index (χ0v) is 13.7. The standard InChI is InChI=1S/C18H18N2O2S/c1-13-17(18(21)19-12-15-8-5-11-22-15)23-16(20-13)10-9-14-6-3-2-4-7-14/h2-8,11H,9-10,12H2,1H3,(H,19,21). The van der Waals surface area contributed by atoms with Crippen LogP contribution < -0.4 is 5.32 Å². The number of carbonyl (C=O) groups is 1. The molecule has 0 unspecified atom stereocenters. The van der Waals surface area contributed by atoms with Gasteiger partial charge in [-0.1, -0.05) is 30.3 Å². The van der Waals surface area contributed by atoms with Crippen molar-refractivity contribution in [3.63, 3.8) is 0 Å². The molecule has 0 spiro atoms. The molecule has 2 aromatic heterocycles. The lowest BCUT2D eigenvalue weighted by molar-refractivity contribution is 0.0951. The topological polar surface area (TPSA) is 55.1 Å². The van der Waals surface area contributed by atoms with Crippen LogP contribution in [0.5, 0.6) is 0 Å². The van der Waals surface area contributed by atoms with Crippen LogP contribution >= 0.6 is 11.3 Å². The Labute approximate surface area is 139 Å². The molecule has 0 radical (unpaired) electrons. The van der Waals surface area contributed by atoms with E-state index in [1.807, 2.05) is 31.2 Å². The molecule has 0 fully saturated rings. The minimum absolute atomic E-state index is 0.0950. The van der Waals surface area contributed by atoms with E-state index in [4.69, 9.17) is 4.42 Å². The summed E-state index contributed by atoms with van der Waals surface area (Å²) in [7, 11) is 0. The molecule has 0 atom stereocenters. The molecule has 0 saturated carbocycles. The van der Waals surface area contributed by atoms with Gasteiger partial charge in [0.2, 0.25) is 0 Å². The first-order valence-corrected chi connectivity index (χ1v) is 8.35. The van der Waals surface area contributed by atoms with E-state index in [0.717, 1.165) is 29.3 Å². The Morgan fingerprint density at radius 1 is 1.17 bits per heavy atom. The quantitative estimate of drug-likeness (QED) is 0.750. The number of hydrogen-bond acceptors (Lipinski definition) is 4. The molecule has 1 aromatic carbocycles. The van der Waals surface area contributed by atoms with E-state index in [2.05, 4.69) is 22.4 Å². The predicted molar refractivity (Wildman–Crippen MR) is 90.6 cm³/mol. The van der Waals surface area contributed by atoms with Crippen molar-refractivity contribution in [3.05, 3.63) is 75.6 Å². The molecule has 1 N–H and O–H groups in total. The van der Waals surface area contributed by atoms with E-state index in [1.165, 1.54) is 16.9 Å². The van der Waals surface area contributed by atoms with Crippen molar-refractivity contribution in [2.24, 2.45) is 0 Å². The Balaban J connectivity index is 1.60. The number of aryl methyl sites for hydroxylation is 3. The highest BCUT2D eigenvalue weighted by molar-refractivity contribution is 7.13. The monoisotopic (exact) mass is 326 g/mol. The molecule has 3 rings (SSSR count). The third kappa shape index (κ3) is 4.07. The highest BCUT2D eigenvalue weighted by Gasteiger charge is 2.15. The number of nitrogens with one attached hydrogen (secondary N) is 1. The Morgan fingerprint density at radius 3 is 2.74 bits per heavy atom. The summed E-state index contributed by atoms with van der Waals surface area (Å²) in [5, 5.41) is 3.86. The molecule has 3 aromatic rings. The Kier molecular flexibility index (Phi) is 4.88. The second kappa shape index (κ2) is 7.24. The molecule has 5 heteroatoms. The van der Waals surface area contributed by atoms with Gasteiger partial charge in [-0.3, -0.25) is 4.79 Å². The van der Waals surface area contributed by atoms with Crippen molar-refractivity contribution in [3.8, 4) is 0 Å². The first-order valence-electron chi connectivity index (χ1n) is 7.53. The number of amides is 1. The van der Waals surface area contributed by atoms with Crippen LogP contribution in [0.3, 0.4) is 0 Å². The lowest BCUT2D eigenvalue weighted by Gasteiger charge is -2.01. The average Bonchev–Trinajstić information content (AvgIpc) is 3.21. The minimum Gasteiger partial charge on any atom is -0.467 e. The van der Waals surface area contributed by atoms with E-state index >= 15 is 0 Å². The fourth-order valence-electron chi connectivity index (χ4n) is 2.33. The van der Waals surface area contributed by atoms with E-state index in [9.17, 15) is 4.79 Å². The van der Waals surface area contributed by atoms with E-state index < -0.39 is 0 Å². The summed E-state index contributed by atoms with van der Waals surface area (Å²) in [6.45, 7) is 2.27. The Morgan fingerprint density at radius 2 is 2.00 bits per heavy atom. The summed E-state index contributed by atoms with van der Waals surface area (Å²) in [6, 6.07) is 13.9. The third-order valence-corrected chi connectivity index (χ3v) is 4.74. The number of aromatic nitrogens is 1. The van der Waals surface area contributed by atoms with Crippen LogP contribution in [0.2, 0.25) is 0 Å².